The van der Waals surface area contributed by atoms with Crippen molar-refractivity contribution in [2.45, 2.75) is 5.92 Å². The topological polar surface area (TPSA) is 65.0 Å². The third kappa shape index (κ3) is 2.26. The standard InChI is InChI=1S/C16H11BrFNO4/c17-8-3-7(1-2-9(8)18)13-14-10(4-22-6-12(14)20)19-11-5-23-16(21)15(11)13/h1-3,13-14H,4-6H2/t13-,14?/m1/s1. The Morgan fingerprint density at radius 2 is 2.00 bits per heavy atom. The predicted octanol–water partition coefficient (Wildman–Crippen LogP) is 2.15. The summed E-state index contributed by atoms with van der Waals surface area (Å²) in [5.74, 6) is -2.08. The number of cyclic esters (lactones) is 1. The van der Waals surface area contributed by atoms with Crippen LogP contribution in [0.4, 0.5) is 4.39 Å². The molecule has 0 spiro atoms. The highest BCUT2D eigenvalue weighted by atomic mass is 79.9. The van der Waals surface area contributed by atoms with E-state index in [1.54, 1.807) is 12.1 Å². The van der Waals surface area contributed by atoms with Gasteiger partial charge < -0.3 is 9.47 Å². The third-order valence-corrected chi connectivity index (χ3v) is 4.90. The summed E-state index contributed by atoms with van der Waals surface area (Å²) >= 11 is 3.16. The van der Waals surface area contributed by atoms with Crippen LogP contribution in [0.5, 0.6) is 0 Å². The molecule has 3 aliphatic rings. The van der Waals surface area contributed by atoms with Crippen molar-refractivity contribution in [2.75, 3.05) is 19.8 Å². The Morgan fingerprint density at radius 1 is 1.17 bits per heavy atom. The fourth-order valence-electron chi connectivity index (χ4n) is 3.31. The van der Waals surface area contributed by atoms with Crippen LogP contribution in [0.3, 0.4) is 0 Å². The van der Waals surface area contributed by atoms with Gasteiger partial charge in [0.25, 0.3) is 0 Å². The molecule has 1 aromatic carbocycles. The van der Waals surface area contributed by atoms with Crippen molar-refractivity contribution in [3.63, 3.8) is 0 Å². The van der Waals surface area contributed by atoms with Gasteiger partial charge in [-0.3, -0.25) is 9.79 Å². The van der Waals surface area contributed by atoms with Gasteiger partial charge in [-0.2, -0.15) is 0 Å². The number of ketones is 1. The summed E-state index contributed by atoms with van der Waals surface area (Å²) in [6.45, 7) is 0.331. The second-order valence-electron chi connectivity index (χ2n) is 5.63. The molecule has 1 unspecified atom stereocenters. The average molecular weight is 380 g/mol. The van der Waals surface area contributed by atoms with Crippen molar-refractivity contribution in [1.29, 1.82) is 0 Å². The smallest absolute Gasteiger partial charge is 0.337 e. The Kier molecular flexibility index (Phi) is 3.42. The maximum absolute atomic E-state index is 13.6. The number of esters is 1. The van der Waals surface area contributed by atoms with Crippen LogP contribution in [0.1, 0.15) is 11.5 Å². The van der Waals surface area contributed by atoms with E-state index in [1.807, 2.05) is 0 Å². The van der Waals surface area contributed by atoms with E-state index < -0.39 is 23.6 Å². The number of carbonyl (C=O) groups is 2. The SMILES string of the molecule is O=C1OCC2=C1[C@H](c1ccc(F)c(Br)c1)C1C(=O)COCC1=N2. The fourth-order valence-corrected chi connectivity index (χ4v) is 3.71. The van der Waals surface area contributed by atoms with Gasteiger partial charge >= 0.3 is 5.97 Å². The highest BCUT2D eigenvalue weighted by molar-refractivity contribution is 9.10. The highest BCUT2D eigenvalue weighted by Gasteiger charge is 2.47. The first kappa shape index (κ1) is 14.7. The number of carbonyl (C=O) groups excluding carboxylic acids is 2. The number of halogens is 2. The van der Waals surface area contributed by atoms with Crippen LogP contribution in [-0.2, 0) is 19.1 Å². The van der Waals surface area contributed by atoms with Gasteiger partial charge in [0.2, 0.25) is 0 Å². The zero-order valence-electron chi connectivity index (χ0n) is 11.8. The van der Waals surface area contributed by atoms with Crippen LogP contribution >= 0.6 is 15.9 Å². The van der Waals surface area contributed by atoms with Crippen LogP contribution in [0.2, 0.25) is 0 Å². The molecule has 0 bridgehead atoms. The molecule has 0 N–H and O–H groups in total. The molecule has 4 rings (SSSR count). The zero-order chi connectivity index (χ0) is 16.1. The molecule has 0 radical (unpaired) electrons. The number of nitrogens with zero attached hydrogens (tertiary/aromatic N) is 1. The summed E-state index contributed by atoms with van der Waals surface area (Å²) in [5.41, 5.74) is 2.21. The van der Waals surface area contributed by atoms with Crippen molar-refractivity contribution in [3.8, 4) is 0 Å². The van der Waals surface area contributed by atoms with E-state index in [0.717, 1.165) is 0 Å². The normalized spacial score (nSPS) is 26.6. The van der Waals surface area contributed by atoms with Gasteiger partial charge in [-0.05, 0) is 33.6 Å². The number of hydrogen-bond donors (Lipinski definition) is 0. The zero-order valence-corrected chi connectivity index (χ0v) is 13.4. The molecule has 2 atom stereocenters. The molecule has 3 aliphatic heterocycles. The van der Waals surface area contributed by atoms with Gasteiger partial charge in [-0.1, -0.05) is 6.07 Å². The van der Waals surface area contributed by atoms with E-state index in [1.165, 1.54) is 6.07 Å². The minimum atomic E-state index is -0.564. The number of rotatable bonds is 1. The fraction of sp³-hybridized carbons (Fsp3) is 0.312. The first-order chi connectivity index (χ1) is 11.1. The molecule has 0 saturated carbocycles. The van der Waals surface area contributed by atoms with Crippen LogP contribution in [0.25, 0.3) is 0 Å². The lowest BCUT2D eigenvalue weighted by atomic mass is 9.73. The quantitative estimate of drug-likeness (QED) is 0.701. The second-order valence-corrected chi connectivity index (χ2v) is 6.48. The molecule has 3 heterocycles. The molecule has 1 fully saturated rings. The van der Waals surface area contributed by atoms with Gasteiger partial charge in [0.05, 0.1) is 34.0 Å². The van der Waals surface area contributed by atoms with Gasteiger partial charge in [0.1, 0.15) is 19.0 Å². The van der Waals surface area contributed by atoms with E-state index in [0.29, 0.717) is 22.5 Å². The van der Waals surface area contributed by atoms with Crippen molar-refractivity contribution in [2.24, 2.45) is 10.9 Å². The van der Waals surface area contributed by atoms with Crippen LogP contribution < -0.4 is 0 Å². The molecule has 118 valence electrons. The van der Waals surface area contributed by atoms with Crippen LogP contribution in [-0.4, -0.2) is 37.3 Å². The molecule has 5 nitrogen and oxygen atoms in total. The Morgan fingerprint density at radius 3 is 2.78 bits per heavy atom. The van der Waals surface area contributed by atoms with Crippen molar-refractivity contribution in [3.05, 3.63) is 45.3 Å². The molecule has 0 amide bonds. The Balaban J connectivity index is 1.89. The van der Waals surface area contributed by atoms with Crippen LogP contribution in [0.15, 0.2) is 38.9 Å². The van der Waals surface area contributed by atoms with Gasteiger partial charge in [-0.25, -0.2) is 9.18 Å². The highest BCUT2D eigenvalue weighted by Crippen LogP contribution is 2.43. The lowest BCUT2D eigenvalue weighted by Crippen LogP contribution is -2.43. The minimum absolute atomic E-state index is 0.0137. The van der Waals surface area contributed by atoms with E-state index in [2.05, 4.69) is 20.9 Å². The molecule has 0 aliphatic carbocycles. The molecular weight excluding hydrogens is 369 g/mol. The molecule has 23 heavy (non-hydrogen) atoms. The molecule has 1 saturated heterocycles. The Labute approximate surface area is 139 Å². The first-order valence-corrected chi connectivity index (χ1v) is 7.88. The third-order valence-electron chi connectivity index (χ3n) is 4.30. The predicted molar refractivity (Wildman–Crippen MR) is 81.6 cm³/mol. The second kappa shape index (κ2) is 5.35. The number of aliphatic imine (C=N–C) groups is 1. The summed E-state index contributed by atoms with van der Waals surface area (Å²) in [6.07, 6.45) is 0. The monoisotopic (exact) mass is 379 g/mol. The number of hydrogen-bond acceptors (Lipinski definition) is 5. The van der Waals surface area contributed by atoms with Gasteiger partial charge in [0, 0.05) is 5.92 Å². The Hall–Kier alpha value is -1.86. The summed E-state index contributed by atoms with van der Waals surface area (Å²) in [5, 5.41) is 0. The average Bonchev–Trinajstić information content (AvgIpc) is 2.90. The number of ether oxygens (including phenoxy) is 2. The molecule has 0 aromatic heterocycles. The molecular formula is C16H11BrFNO4. The van der Waals surface area contributed by atoms with Crippen molar-refractivity contribution < 1.29 is 23.5 Å². The van der Waals surface area contributed by atoms with E-state index in [-0.39, 0.29) is 30.1 Å². The van der Waals surface area contributed by atoms with E-state index in [9.17, 15) is 14.0 Å². The summed E-state index contributed by atoms with van der Waals surface area (Å²) in [7, 11) is 0. The molecule has 7 heteroatoms. The summed E-state index contributed by atoms with van der Waals surface area (Å²) in [6, 6.07) is 4.50. The summed E-state index contributed by atoms with van der Waals surface area (Å²) < 4.78 is 24.2. The maximum atomic E-state index is 13.6. The molecule has 1 aromatic rings. The lowest BCUT2D eigenvalue weighted by molar-refractivity contribution is -0.136. The largest absolute Gasteiger partial charge is 0.456 e. The van der Waals surface area contributed by atoms with E-state index >= 15 is 0 Å². The van der Waals surface area contributed by atoms with Crippen LogP contribution in [0, 0.1) is 11.7 Å². The van der Waals surface area contributed by atoms with Crippen molar-refractivity contribution >= 4 is 33.4 Å². The van der Waals surface area contributed by atoms with Gasteiger partial charge in [0.15, 0.2) is 5.78 Å². The van der Waals surface area contributed by atoms with Gasteiger partial charge in [-0.15, -0.1) is 0 Å². The number of fused-ring (bicyclic) bond motifs is 1. The van der Waals surface area contributed by atoms with Crippen molar-refractivity contribution in [1.82, 2.24) is 0 Å². The Bertz CT molecular complexity index is 801. The lowest BCUT2D eigenvalue weighted by Gasteiger charge is -2.33. The maximum Gasteiger partial charge on any atom is 0.337 e. The number of Topliss-reactive ketones (excluding diaryl/α,β-unsaturated/α-hetero) is 1. The summed E-state index contributed by atoms with van der Waals surface area (Å²) in [4.78, 5) is 28.9. The number of benzene rings is 1. The first-order valence-electron chi connectivity index (χ1n) is 7.09. The van der Waals surface area contributed by atoms with E-state index in [4.69, 9.17) is 9.47 Å². The minimum Gasteiger partial charge on any atom is -0.456 e.